The zero-order valence-electron chi connectivity index (χ0n) is 19.9. The summed E-state index contributed by atoms with van der Waals surface area (Å²) in [6.07, 6.45) is 2.32. The molecule has 0 heterocycles. The molecule has 0 aliphatic carbocycles. The van der Waals surface area contributed by atoms with Crippen molar-refractivity contribution in [2.75, 3.05) is 13.2 Å². The minimum Gasteiger partial charge on any atom is -0.414 e. The van der Waals surface area contributed by atoms with Crippen molar-refractivity contribution in [3.63, 3.8) is 0 Å². The van der Waals surface area contributed by atoms with Crippen LogP contribution in [0.2, 0.25) is 36.3 Å². The van der Waals surface area contributed by atoms with Gasteiger partial charge in [-0.3, -0.25) is 0 Å². The van der Waals surface area contributed by atoms with Gasteiger partial charge in [-0.05, 0) is 36.3 Å². The first-order valence-corrected chi connectivity index (χ1v) is 17.0. The van der Waals surface area contributed by atoms with E-state index >= 15 is 0 Å². The van der Waals surface area contributed by atoms with Crippen molar-refractivity contribution in [3.05, 3.63) is 0 Å². The van der Waals surface area contributed by atoms with Gasteiger partial charge in [0.2, 0.25) is 0 Å². The quantitative estimate of drug-likeness (QED) is 0.312. The van der Waals surface area contributed by atoms with Crippen molar-refractivity contribution in [3.8, 4) is 0 Å². The van der Waals surface area contributed by atoms with Crippen LogP contribution in [0.3, 0.4) is 0 Å². The largest absolute Gasteiger partial charge is 0.694 e. The van der Waals surface area contributed by atoms with Crippen LogP contribution in [0, 0.1) is 0 Å². The van der Waals surface area contributed by atoms with E-state index in [-0.39, 0.29) is 22.8 Å². The van der Waals surface area contributed by atoms with Gasteiger partial charge in [-0.1, -0.05) is 68.2 Å². The predicted molar refractivity (Wildman–Crippen MR) is 122 cm³/mol. The maximum Gasteiger partial charge on any atom is 0.694 e. The summed E-state index contributed by atoms with van der Waals surface area (Å²) in [4.78, 5) is 8.93. The van der Waals surface area contributed by atoms with Gasteiger partial charge in [0.25, 0.3) is 0 Å². The van der Waals surface area contributed by atoms with Gasteiger partial charge in [0.05, 0.1) is 12.7 Å². The summed E-state index contributed by atoms with van der Waals surface area (Å²) < 4.78 is 28.3. The lowest BCUT2D eigenvalue weighted by atomic mass is 10.2. The fourth-order valence-electron chi connectivity index (χ4n) is 1.37. The molecule has 0 aromatic heterocycles. The molecule has 27 heavy (non-hydrogen) atoms. The van der Waals surface area contributed by atoms with Gasteiger partial charge in [0, 0.05) is 4.57 Å². The summed E-state index contributed by atoms with van der Waals surface area (Å²) in [5, 5.41) is 0.168. The van der Waals surface area contributed by atoms with E-state index in [1.807, 2.05) is 0 Å². The Bertz CT molecular complexity index is 427. The molecular formula is C19H46O5PSi2+. The summed E-state index contributed by atoms with van der Waals surface area (Å²) in [6.45, 7) is 26.6. The summed E-state index contributed by atoms with van der Waals surface area (Å²) in [5.41, 5.74) is 0. The molecule has 0 bridgehead atoms. The van der Waals surface area contributed by atoms with Crippen LogP contribution >= 0.6 is 8.25 Å². The second-order valence-electron chi connectivity index (χ2n) is 10.1. The Morgan fingerprint density at radius 2 is 1.26 bits per heavy atom. The van der Waals surface area contributed by atoms with E-state index in [2.05, 4.69) is 81.6 Å². The van der Waals surface area contributed by atoms with E-state index in [1.165, 1.54) is 12.8 Å². The Hall–Kier alpha value is 0.374. The molecule has 0 saturated heterocycles. The number of unbranched alkanes of at least 4 members (excludes halogenated alkanes) is 1. The lowest BCUT2D eigenvalue weighted by Gasteiger charge is -2.41. The third kappa shape index (κ3) is 12.5. The van der Waals surface area contributed by atoms with Crippen molar-refractivity contribution in [2.24, 2.45) is 0 Å². The molecule has 0 aliphatic heterocycles. The van der Waals surface area contributed by atoms with Crippen LogP contribution in [-0.2, 0) is 17.9 Å². The van der Waals surface area contributed by atoms with Crippen LogP contribution in [0.5, 0.6) is 0 Å². The maximum atomic E-state index is 10.9. The number of hydrogen-bond donors (Lipinski definition) is 1. The molecule has 0 rings (SSSR count). The molecule has 0 radical (unpaired) electrons. The lowest BCUT2D eigenvalue weighted by molar-refractivity contribution is 0.0640. The normalized spacial score (nSPS) is 15.1. The van der Waals surface area contributed by atoms with Crippen LogP contribution in [-0.4, -0.2) is 40.8 Å². The number of rotatable bonds is 9. The highest BCUT2D eigenvalue weighted by Crippen LogP contribution is 2.39. The van der Waals surface area contributed by atoms with Crippen molar-refractivity contribution in [1.82, 2.24) is 0 Å². The Morgan fingerprint density at radius 3 is 1.56 bits per heavy atom. The Kier molecular flexibility index (Phi) is 13.3. The highest BCUT2D eigenvalue weighted by atomic mass is 31.1. The molecule has 0 aromatic carbocycles. The minimum atomic E-state index is -2.62. The van der Waals surface area contributed by atoms with Crippen molar-refractivity contribution in [1.29, 1.82) is 0 Å². The second kappa shape index (κ2) is 12.2. The third-order valence-corrected chi connectivity index (χ3v) is 15.0. The first kappa shape index (κ1) is 29.6. The van der Waals surface area contributed by atoms with Crippen LogP contribution in [0.1, 0.15) is 68.2 Å². The van der Waals surface area contributed by atoms with Crippen molar-refractivity contribution < 1.29 is 22.8 Å². The fraction of sp³-hybridized carbons (Fsp3) is 1.00. The topological polar surface area (TPSA) is 65.0 Å². The molecule has 0 amide bonds. The Morgan fingerprint density at radius 1 is 0.852 bits per heavy atom. The van der Waals surface area contributed by atoms with E-state index in [9.17, 15) is 4.57 Å². The molecule has 0 aliphatic rings. The maximum absolute atomic E-state index is 10.9. The summed E-state index contributed by atoms with van der Waals surface area (Å²) in [5.74, 6) is 0. The third-order valence-electron chi connectivity index (χ3n) is 5.57. The highest BCUT2D eigenvalue weighted by molar-refractivity contribution is 7.32. The summed E-state index contributed by atoms with van der Waals surface area (Å²) >= 11 is 0. The van der Waals surface area contributed by atoms with Crippen LogP contribution < -0.4 is 0 Å². The minimum absolute atomic E-state index is 0.0592. The fourth-order valence-corrected chi connectivity index (χ4v) is 4.03. The smallest absolute Gasteiger partial charge is 0.414 e. The predicted octanol–water partition coefficient (Wildman–Crippen LogP) is 6.87. The zero-order chi connectivity index (χ0) is 22.1. The van der Waals surface area contributed by atoms with Crippen molar-refractivity contribution >= 4 is 24.9 Å². The van der Waals surface area contributed by atoms with Gasteiger partial charge in [0.1, 0.15) is 6.61 Å². The SMILES string of the molecule is CC(C)(C)[Si](C)(C)OCC(CO[P+](=O)O)O[Si](C)(C)C(C)(C)C.CCCC. The second-order valence-corrected chi connectivity index (χ2v) is 20.4. The molecule has 2 unspecified atom stereocenters. The van der Waals surface area contributed by atoms with Gasteiger partial charge in [-0.2, -0.15) is 0 Å². The van der Waals surface area contributed by atoms with Gasteiger partial charge >= 0.3 is 8.25 Å². The molecule has 5 nitrogen and oxygen atoms in total. The Labute approximate surface area is 171 Å². The highest BCUT2D eigenvalue weighted by Gasteiger charge is 2.42. The summed E-state index contributed by atoms with van der Waals surface area (Å²) in [6, 6.07) is 0. The average Bonchev–Trinajstić information content (AvgIpc) is 2.47. The zero-order valence-corrected chi connectivity index (χ0v) is 22.8. The molecule has 0 fully saturated rings. The van der Waals surface area contributed by atoms with E-state index in [4.69, 9.17) is 18.3 Å². The molecule has 164 valence electrons. The molecule has 2 atom stereocenters. The van der Waals surface area contributed by atoms with Gasteiger partial charge in [-0.25, -0.2) is 0 Å². The van der Waals surface area contributed by atoms with Crippen LogP contribution in [0.15, 0.2) is 0 Å². The molecule has 1 N–H and O–H groups in total. The number of hydrogen-bond acceptors (Lipinski definition) is 4. The first-order chi connectivity index (χ1) is 11.9. The van der Waals surface area contributed by atoms with Gasteiger partial charge in [0.15, 0.2) is 16.6 Å². The summed E-state index contributed by atoms with van der Waals surface area (Å²) in [7, 11) is -6.53. The van der Waals surface area contributed by atoms with Gasteiger partial charge in [-0.15, -0.1) is 9.42 Å². The van der Waals surface area contributed by atoms with E-state index in [1.54, 1.807) is 0 Å². The lowest BCUT2D eigenvalue weighted by Crippen LogP contribution is -2.48. The molecule has 0 spiro atoms. The first-order valence-electron chi connectivity index (χ1n) is 10.0. The molecule has 8 heteroatoms. The van der Waals surface area contributed by atoms with Gasteiger partial charge < -0.3 is 8.85 Å². The van der Waals surface area contributed by atoms with Crippen molar-refractivity contribution in [2.45, 2.75) is 111 Å². The molecule has 0 aromatic rings. The van der Waals surface area contributed by atoms with E-state index < -0.39 is 24.9 Å². The Balaban J connectivity index is 0. The van der Waals surface area contributed by atoms with Crippen LogP contribution in [0.4, 0.5) is 0 Å². The van der Waals surface area contributed by atoms with E-state index in [0.717, 1.165) is 0 Å². The van der Waals surface area contributed by atoms with Crippen LogP contribution in [0.25, 0.3) is 0 Å². The molecule has 0 saturated carbocycles. The standard InChI is InChI=1S/C15H35O5PSi2.C4H10/c1-14(2,3)22(7,8)19-12-13(11-18-21(16)17)20-23(9,10)15(4,5)6;1-3-4-2/h13H,11-12H2,1-10H3;3-4H2,1-2H3/p+1. The molecular weight excluding hydrogens is 395 g/mol. The monoisotopic (exact) mass is 441 g/mol. The van der Waals surface area contributed by atoms with E-state index in [0.29, 0.717) is 6.61 Å². The average molecular weight is 442 g/mol.